The molecule has 0 amide bonds. The summed E-state index contributed by atoms with van der Waals surface area (Å²) in [5, 5.41) is 0. The summed E-state index contributed by atoms with van der Waals surface area (Å²) in [4.78, 5) is 11.9. The van der Waals surface area contributed by atoms with Gasteiger partial charge < -0.3 is 0 Å². The van der Waals surface area contributed by atoms with Crippen molar-refractivity contribution < 1.29 is 9.78 Å². The van der Waals surface area contributed by atoms with Gasteiger partial charge in [-0.3, -0.25) is 5.73 Å². The summed E-state index contributed by atoms with van der Waals surface area (Å²) < 4.78 is 0. The van der Waals surface area contributed by atoms with Crippen LogP contribution >= 0.6 is 0 Å². The zero-order chi connectivity index (χ0) is 15.0. The molecule has 4 rings (SSSR count). The lowest BCUT2D eigenvalue weighted by Gasteiger charge is -2.48. The predicted molar refractivity (Wildman–Crippen MR) is 85.7 cm³/mol. The molecule has 1 spiro atoms. The number of rotatable bonds is 1. The molecule has 1 unspecified atom stereocenters. The number of hydrogen-bond donors (Lipinski definition) is 1. The van der Waals surface area contributed by atoms with Gasteiger partial charge in [0.25, 0.3) is 0 Å². The zero-order valence-corrected chi connectivity index (χ0v) is 12.9. The SMILES string of the molecule is NC1(c2ccccc2)OOC2(CCCCC2)C2=C1C=CCC2. The fraction of sp³-hybridized carbons (Fsp3) is 0.474. The molecule has 1 aliphatic heterocycles. The quantitative estimate of drug-likeness (QED) is 0.793. The minimum atomic E-state index is -0.990. The average molecular weight is 297 g/mol. The van der Waals surface area contributed by atoms with E-state index in [9.17, 15) is 0 Å². The van der Waals surface area contributed by atoms with E-state index in [2.05, 4.69) is 12.2 Å². The molecule has 1 atom stereocenters. The molecule has 0 bridgehead atoms. The van der Waals surface area contributed by atoms with E-state index in [1.165, 1.54) is 24.8 Å². The third kappa shape index (κ3) is 2.08. The molecule has 116 valence electrons. The van der Waals surface area contributed by atoms with Gasteiger partial charge in [-0.2, -0.15) is 0 Å². The molecular weight excluding hydrogens is 274 g/mol. The molecule has 0 saturated heterocycles. The van der Waals surface area contributed by atoms with Crippen LogP contribution in [0.5, 0.6) is 0 Å². The minimum Gasteiger partial charge on any atom is -0.293 e. The van der Waals surface area contributed by atoms with Crippen molar-refractivity contribution in [3.05, 3.63) is 59.2 Å². The van der Waals surface area contributed by atoms with Gasteiger partial charge in [0.1, 0.15) is 5.60 Å². The van der Waals surface area contributed by atoms with Gasteiger partial charge in [0.05, 0.1) is 0 Å². The summed E-state index contributed by atoms with van der Waals surface area (Å²) in [5.41, 5.74) is 8.86. The van der Waals surface area contributed by atoms with Crippen LogP contribution < -0.4 is 5.73 Å². The van der Waals surface area contributed by atoms with Crippen LogP contribution in [0.3, 0.4) is 0 Å². The maximum atomic E-state index is 6.67. The summed E-state index contributed by atoms with van der Waals surface area (Å²) in [6, 6.07) is 9.99. The van der Waals surface area contributed by atoms with Crippen LogP contribution in [0.4, 0.5) is 0 Å². The lowest BCUT2D eigenvalue weighted by Crippen LogP contribution is -2.53. The van der Waals surface area contributed by atoms with Gasteiger partial charge >= 0.3 is 0 Å². The fourth-order valence-electron chi connectivity index (χ4n) is 4.12. The topological polar surface area (TPSA) is 44.5 Å². The highest BCUT2D eigenvalue weighted by atomic mass is 17.2. The molecular formula is C19H23NO2. The van der Waals surface area contributed by atoms with Crippen LogP contribution in [0.15, 0.2) is 53.6 Å². The van der Waals surface area contributed by atoms with Crippen LogP contribution in [0, 0.1) is 0 Å². The predicted octanol–water partition coefficient (Wildman–Crippen LogP) is 4.11. The van der Waals surface area contributed by atoms with E-state index < -0.39 is 5.72 Å². The third-order valence-corrected chi connectivity index (χ3v) is 5.32. The monoisotopic (exact) mass is 297 g/mol. The number of hydrogen-bond acceptors (Lipinski definition) is 3. The summed E-state index contributed by atoms with van der Waals surface area (Å²) in [5.74, 6) is 0. The Hall–Kier alpha value is -1.42. The van der Waals surface area contributed by atoms with Crippen molar-refractivity contribution >= 4 is 0 Å². The Morgan fingerprint density at radius 2 is 1.73 bits per heavy atom. The van der Waals surface area contributed by atoms with Crippen LogP contribution in [-0.2, 0) is 15.5 Å². The van der Waals surface area contributed by atoms with E-state index in [-0.39, 0.29) is 5.60 Å². The lowest BCUT2D eigenvalue weighted by atomic mass is 9.71. The summed E-state index contributed by atoms with van der Waals surface area (Å²) in [7, 11) is 0. The lowest BCUT2D eigenvalue weighted by molar-refractivity contribution is -0.416. The first-order valence-electron chi connectivity index (χ1n) is 8.37. The molecule has 2 N–H and O–H groups in total. The largest absolute Gasteiger partial charge is 0.293 e. The Morgan fingerprint density at radius 3 is 2.50 bits per heavy atom. The second kappa shape index (κ2) is 5.34. The van der Waals surface area contributed by atoms with E-state index in [4.69, 9.17) is 15.5 Å². The highest BCUT2D eigenvalue weighted by Gasteiger charge is 2.50. The molecule has 1 fully saturated rings. The molecule has 3 nitrogen and oxygen atoms in total. The first-order chi connectivity index (χ1) is 10.7. The van der Waals surface area contributed by atoms with E-state index in [1.54, 1.807) is 0 Å². The fourth-order valence-corrected chi connectivity index (χ4v) is 4.12. The number of fused-ring (bicyclic) bond motifs is 1. The third-order valence-electron chi connectivity index (χ3n) is 5.32. The molecule has 3 heteroatoms. The number of allylic oxidation sites excluding steroid dienone is 1. The van der Waals surface area contributed by atoms with Gasteiger partial charge in [0.15, 0.2) is 0 Å². The minimum absolute atomic E-state index is 0.240. The maximum absolute atomic E-state index is 6.67. The van der Waals surface area contributed by atoms with Crippen LogP contribution in [0.2, 0.25) is 0 Å². The Morgan fingerprint density at radius 1 is 0.955 bits per heavy atom. The molecule has 0 aromatic heterocycles. The first-order valence-corrected chi connectivity index (χ1v) is 8.37. The maximum Gasteiger partial charge on any atom is 0.203 e. The van der Waals surface area contributed by atoms with Gasteiger partial charge in [0.2, 0.25) is 5.72 Å². The molecule has 22 heavy (non-hydrogen) atoms. The second-order valence-corrected chi connectivity index (χ2v) is 6.66. The first kappa shape index (κ1) is 14.2. The highest BCUT2D eigenvalue weighted by Crippen LogP contribution is 2.50. The van der Waals surface area contributed by atoms with Gasteiger partial charge in [-0.25, -0.2) is 9.78 Å². The van der Waals surface area contributed by atoms with E-state index in [1.807, 2.05) is 30.3 Å². The van der Waals surface area contributed by atoms with Crippen molar-refractivity contribution in [2.24, 2.45) is 5.73 Å². The Kier molecular flexibility index (Phi) is 3.44. The highest BCUT2D eigenvalue weighted by molar-refractivity contribution is 5.46. The Labute approximate surface area is 131 Å². The van der Waals surface area contributed by atoms with Gasteiger partial charge in [-0.1, -0.05) is 61.7 Å². The second-order valence-electron chi connectivity index (χ2n) is 6.66. The molecule has 1 saturated carbocycles. The molecule has 2 aliphatic carbocycles. The number of nitrogens with two attached hydrogens (primary N) is 1. The van der Waals surface area contributed by atoms with Crippen molar-refractivity contribution in [1.29, 1.82) is 0 Å². The van der Waals surface area contributed by atoms with Crippen LogP contribution in [0.25, 0.3) is 0 Å². The van der Waals surface area contributed by atoms with E-state index in [0.29, 0.717) is 0 Å². The average Bonchev–Trinajstić information content (AvgIpc) is 2.61. The van der Waals surface area contributed by atoms with Crippen molar-refractivity contribution in [2.45, 2.75) is 56.3 Å². The van der Waals surface area contributed by atoms with Crippen molar-refractivity contribution in [1.82, 2.24) is 0 Å². The van der Waals surface area contributed by atoms with Crippen LogP contribution in [0.1, 0.15) is 50.5 Å². The Balaban J connectivity index is 1.83. The van der Waals surface area contributed by atoms with Gasteiger partial charge in [0, 0.05) is 11.1 Å². The normalized spacial score (nSPS) is 30.4. The summed E-state index contributed by atoms with van der Waals surface area (Å²) in [6.07, 6.45) is 12.2. The van der Waals surface area contributed by atoms with E-state index >= 15 is 0 Å². The molecule has 1 aromatic carbocycles. The van der Waals surface area contributed by atoms with Crippen molar-refractivity contribution in [3.8, 4) is 0 Å². The Bertz CT molecular complexity index is 614. The van der Waals surface area contributed by atoms with Gasteiger partial charge in [-0.15, -0.1) is 0 Å². The van der Waals surface area contributed by atoms with Crippen LogP contribution in [-0.4, -0.2) is 5.60 Å². The summed E-state index contributed by atoms with van der Waals surface area (Å²) >= 11 is 0. The standard InChI is InChI=1S/C19H23NO2/c20-19(15-9-3-1-4-10-15)17-12-6-5-11-16(17)18(21-22-19)13-7-2-8-14-18/h1,3-4,6,9-10,12H,2,5,7-8,11,13-14,20H2. The van der Waals surface area contributed by atoms with Crippen molar-refractivity contribution in [3.63, 3.8) is 0 Å². The molecule has 1 heterocycles. The number of benzene rings is 1. The summed E-state index contributed by atoms with van der Waals surface area (Å²) in [6.45, 7) is 0. The zero-order valence-electron chi connectivity index (χ0n) is 12.9. The molecule has 0 radical (unpaired) electrons. The van der Waals surface area contributed by atoms with Gasteiger partial charge in [-0.05, 0) is 31.3 Å². The van der Waals surface area contributed by atoms with E-state index in [0.717, 1.165) is 36.8 Å². The molecule has 1 aromatic rings. The molecule has 3 aliphatic rings. The smallest absolute Gasteiger partial charge is 0.203 e. The van der Waals surface area contributed by atoms with Crippen molar-refractivity contribution in [2.75, 3.05) is 0 Å².